The molecule has 0 saturated carbocycles. The van der Waals surface area contributed by atoms with Crippen molar-refractivity contribution in [2.24, 2.45) is 0 Å². The number of halogens is 2. The Kier molecular flexibility index (Phi) is 20.6. The van der Waals surface area contributed by atoms with Crippen molar-refractivity contribution < 1.29 is 23.3 Å². The van der Waals surface area contributed by atoms with Crippen molar-refractivity contribution in [2.75, 3.05) is 19.0 Å². The van der Waals surface area contributed by atoms with E-state index in [1.165, 1.54) is 22.3 Å². The maximum absolute atomic E-state index is 3.50. The minimum atomic E-state index is 0. The van der Waals surface area contributed by atoms with Gasteiger partial charge in [0.15, 0.2) is 0 Å². The zero-order valence-electron chi connectivity index (χ0n) is 21.4. The van der Waals surface area contributed by atoms with E-state index in [1.807, 2.05) is 79.7 Å². The van der Waals surface area contributed by atoms with Gasteiger partial charge in [-0.15, -0.1) is 48.4 Å². The average molecular weight is 622 g/mol. The van der Waals surface area contributed by atoms with Crippen LogP contribution < -0.4 is 4.90 Å². The fraction of sp³-hybridized carbons (Fsp3) is 0.125. The fourth-order valence-electron chi connectivity index (χ4n) is 3.33. The van der Waals surface area contributed by atoms with E-state index in [2.05, 4.69) is 85.7 Å². The predicted molar refractivity (Wildman–Crippen MR) is 163 cm³/mol. The summed E-state index contributed by atoms with van der Waals surface area (Å²) in [6, 6.07) is 41.5. The van der Waals surface area contributed by atoms with Crippen LogP contribution in [0.2, 0.25) is 0 Å². The molecule has 1 nitrogen and oxygen atoms in total. The first-order chi connectivity index (χ1) is 17.3. The summed E-state index contributed by atoms with van der Waals surface area (Å²) in [5, 5.41) is 0. The van der Waals surface area contributed by atoms with Gasteiger partial charge in [-0.25, -0.2) is 12.2 Å². The van der Waals surface area contributed by atoms with Gasteiger partial charge in [-0.05, 0) is 6.42 Å². The first-order valence-electron chi connectivity index (χ1n) is 11.5. The van der Waals surface area contributed by atoms with Gasteiger partial charge in [0.05, 0.1) is 0 Å². The molecule has 0 bridgehead atoms. The molecule has 0 N–H and O–H groups in total. The second-order valence-electron chi connectivity index (χ2n) is 7.62. The van der Waals surface area contributed by atoms with Crippen molar-refractivity contribution in [1.29, 1.82) is 0 Å². The maximum atomic E-state index is 3.50. The van der Waals surface area contributed by atoms with E-state index in [4.69, 9.17) is 0 Å². The molecule has 0 fully saturated rings. The van der Waals surface area contributed by atoms with Crippen molar-refractivity contribution in [3.63, 3.8) is 0 Å². The SMILES string of the molecule is CN(C)c1[c-]c2c(cc1)-c1ccccc1C2.Cl.Cl.[C-]1=CC=CC1.[SiH2]=[Zr].[c-]1ccccc1.[c-]1ccccc1. The summed E-state index contributed by atoms with van der Waals surface area (Å²) in [4.78, 5) is 2.10. The Morgan fingerprint density at radius 1 is 0.730 bits per heavy atom. The van der Waals surface area contributed by atoms with E-state index >= 15 is 0 Å². The van der Waals surface area contributed by atoms with Crippen LogP contribution in [-0.4, -0.2) is 21.0 Å². The van der Waals surface area contributed by atoms with E-state index < -0.39 is 0 Å². The molecule has 2 aliphatic rings. The number of rotatable bonds is 1. The summed E-state index contributed by atoms with van der Waals surface area (Å²) < 4.78 is 0. The first-order valence-corrected chi connectivity index (χ1v) is 17.4. The number of hydrogen-bond donors (Lipinski definition) is 0. The third kappa shape index (κ3) is 13.3. The normalized spacial score (nSPS) is 10.3. The van der Waals surface area contributed by atoms with Gasteiger partial charge in [0.25, 0.3) is 0 Å². The molecule has 0 aromatic heterocycles. The van der Waals surface area contributed by atoms with Crippen molar-refractivity contribution in [3.05, 3.63) is 151 Å². The van der Waals surface area contributed by atoms with E-state index in [-0.39, 0.29) is 24.8 Å². The number of hydrogen-bond acceptors (Lipinski definition) is 1. The van der Waals surface area contributed by atoms with E-state index in [0.29, 0.717) is 0 Å². The van der Waals surface area contributed by atoms with Gasteiger partial charge < -0.3 is 4.90 Å². The molecule has 37 heavy (non-hydrogen) atoms. The Morgan fingerprint density at radius 3 is 1.73 bits per heavy atom. The maximum Gasteiger partial charge on any atom is -0.171 e. The molecule has 0 amide bonds. The second-order valence-corrected chi connectivity index (χ2v) is 7.62. The van der Waals surface area contributed by atoms with Gasteiger partial charge >= 0.3 is 30.2 Å². The summed E-state index contributed by atoms with van der Waals surface area (Å²) >= 11 is 1.58. The van der Waals surface area contributed by atoms with Crippen LogP contribution in [0.1, 0.15) is 17.5 Å². The minimum Gasteiger partial charge on any atom is -0.184 e. The van der Waals surface area contributed by atoms with Gasteiger partial charge in [-0.3, -0.25) is 6.08 Å². The standard InChI is InChI=1S/C15H14N.2C6H5.C5H5.2ClH.H2Si.Zr/c1-16(2)13-7-8-15-12(10-13)9-11-5-3-4-6-14(11)15;2*1-2-4-6-5-3-1;1-2-4-5-3-1;;;;/h3-8H,9H2,1-2H3;2*1-5H;1-3H,4H2;2*1H;1H2;/q4*-1;;;;. The van der Waals surface area contributed by atoms with Crippen LogP contribution in [0, 0.1) is 24.3 Å². The zero-order chi connectivity index (χ0) is 25.1. The third-order valence-electron chi connectivity index (χ3n) is 4.97. The van der Waals surface area contributed by atoms with Gasteiger partial charge in [-0.1, -0.05) is 41.1 Å². The third-order valence-corrected chi connectivity index (χ3v) is 4.97. The molecule has 4 aromatic carbocycles. The van der Waals surface area contributed by atoms with Gasteiger partial charge in [0.1, 0.15) is 0 Å². The number of benzene rings is 4. The predicted octanol–water partition coefficient (Wildman–Crippen LogP) is 7.33. The second kappa shape index (κ2) is 21.9. The van der Waals surface area contributed by atoms with Crippen LogP contribution in [-0.2, 0) is 29.8 Å². The van der Waals surface area contributed by atoms with Gasteiger partial charge in [0, 0.05) is 14.1 Å². The van der Waals surface area contributed by atoms with Crippen molar-refractivity contribution in [3.8, 4) is 11.1 Å². The van der Waals surface area contributed by atoms with E-state index in [1.54, 1.807) is 23.3 Å². The molecular weight excluding hydrogens is 589 g/mol. The van der Waals surface area contributed by atoms with Crippen molar-refractivity contribution >= 4 is 37.4 Å². The van der Waals surface area contributed by atoms with Crippen LogP contribution in [0.15, 0.2) is 115 Å². The van der Waals surface area contributed by atoms with E-state index in [0.717, 1.165) is 18.5 Å². The Balaban J connectivity index is 0.000000514. The number of anilines is 1. The Labute approximate surface area is 252 Å². The quantitative estimate of drug-likeness (QED) is 0.140. The molecule has 0 unspecified atom stereocenters. The fourth-order valence-corrected chi connectivity index (χ4v) is 3.33. The van der Waals surface area contributed by atoms with Gasteiger partial charge in [-0.2, -0.15) is 91.0 Å². The zero-order valence-corrected chi connectivity index (χ0v) is 26.9. The Morgan fingerprint density at radius 2 is 1.32 bits per heavy atom. The van der Waals surface area contributed by atoms with Crippen LogP contribution in [0.5, 0.6) is 0 Å². The average Bonchev–Trinajstić information content (AvgIpc) is 3.64. The topological polar surface area (TPSA) is 3.24 Å². The Bertz CT molecular complexity index is 1070. The van der Waals surface area contributed by atoms with Crippen molar-refractivity contribution in [1.82, 2.24) is 0 Å². The minimum absolute atomic E-state index is 0. The molecule has 6 rings (SSSR count). The molecule has 4 aromatic rings. The van der Waals surface area contributed by atoms with Crippen LogP contribution in [0.4, 0.5) is 5.69 Å². The summed E-state index contributed by atoms with van der Waals surface area (Å²) in [5.74, 6) is 0. The monoisotopic (exact) mass is 619 g/mol. The largest absolute Gasteiger partial charge is 0.184 e. The summed E-state index contributed by atoms with van der Waals surface area (Å²) in [5.41, 5.74) is 6.63. The molecule has 192 valence electrons. The van der Waals surface area contributed by atoms with Crippen molar-refractivity contribution in [2.45, 2.75) is 12.8 Å². The number of nitrogens with zero attached hydrogens (tertiary/aromatic N) is 1. The first kappa shape index (κ1) is 34.8. The molecule has 0 heterocycles. The molecule has 0 spiro atoms. The molecule has 0 saturated heterocycles. The molecule has 0 radical (unpaired) electrons. The number of allylic oxidation sites excluding steroid dienone is 4. The summed E-state index contributed by atoms with van der Waals surface area (Å²) in [6.45, 7) is 1.95. The van der Waals surface area contributed by atoms with E-state index in [9.17, 15) is 0 Å². The van der Waals surface area contributed by atoms with Crippen LogP contribution in [0.25, 0.3) is 11.1 Å². The molecule has 2 aliphatic carbocycles. The van der Waals surface area contributed by atoms with Gasteiger partial charge in [0.2, 0.25) is 0 Å². The van der Waals surface area contributed by atoms with Crippen LogP contribution in [0.3, 0.4) is 0 Å². The number of fused-ring (bicyclic) bond motifs is 3. The molecule has 0 atom stereocenters. The molecular formula is C32H33Cl2NSiZr-4. The Hall–Kier alpha value is -2.16. The summed E-state index contributed by atoms with van der Waals surface area (Å²) in [6.07, 6.45) is 11.0. The molecule has 5 heteroatoms. The molecule has 0 aliphatic heterocycles. The smallest absolute Gasteiger partial charge is 0.171 e. The van der Waals surface area contributed by atoms with Crippen LogP contribution >= 0.6 is 24.8 Å². The summed E-state index contributed by atoms with van der Waals surface area (Å²) in [7, 11) is 4.11.